The van der Waals surface area contributed by atoms with Crippen molar-refractivity contribution < 1.29 is 0 Å². The SMILES string of the molecule is Cc1ccc(P(c2ccc(C)cc2)c2ccc(C)c(-c3ccc(P(c4ccccc4C)c4cccc(-c5ccc(P(c6cccc(C)c6)c6cccc(C)c6)cc5C)c4C)c(C)c3)c2)cc1. The van der Waals surface area contributed by atoms with Crippen molar-refractivity contribution in [2.24, 2.45) is 0 Å². The average molecular weight is 909 g/mol. The number of hydrogen-bond acceptors (Lipinski definition) is 0. The van der Waals surface area contributed by atoms with Gasteiger partial charge in [-0.05, 0) is 190 Å². The number of rotatable bonds is 11. The zero-order valence-corrected chi connectivity index (χ0v) is 42.5. The van der Waals surface area contributed by atoms with Gasteiger partial charge in [-0.1, -0.05) is 210 Å². The molecule has 0 spiro atoms. The molecule has 0 aromatic heterocycles. The fourth-order valence-corrected chi connectivity index (χ4v) is 17.0. The normalized spacial score (nSPS) is 11.9. The molecule has 9 rings (SSSR count). The Morgan fingerprint density at radius 2 is 0.758 bits per heavy atom. The second kappa shape index (κ2) is 19.6. The summed E-state index contributed by atoms with van der Waals surface area (Å²) in [5.74, 6) is 0. The summed E-state index contributed by atoms with van der Waals surface area (Å²) in [4.78, 5) is 0. The first-order valence-corrected chi connectivity index (χ1v) is 27.1. The van der Waals surface area contributed by atoms with Gasteiger partial charge in [0.2, 0.25) is 0 Å². The van der Waals surface area contributed by atoms with E-state index in [0.29, 0.717) is 0 Å². The molecule has 0 heterocycles. The van der Waals surface area contributed by atoms with Crippen molar-refractivity contribution in [2.75, 3.05) is 0 Å². The first-order valence-electron chi connectivity index (χ1n) is 23.1. The molecule has 9 aromatic carbocycles. The highest BCUT2D eigenvalue weighted by Crippen LogP contribution is 2.42. The molecule has 0 amide bonds. The third kappa shape index (κ3) is 9.44. The van der Waals surface area contributed by atoms with E-state index in [-0.39, 0.29) is 0 Å². The van der Waals surface area contributed by atoms with Gasteiger partial charge in [-0.25, -0.2) is 0 Å². The third-order valence-electron chi connectivity index (χ3n) is 13.0. The van der Waals surface area contributed by atoms with Gasteiger partial charge in [0, 0.05) is 0 Å². The van der Waals surface area contributed by atoms with E-state index < -0.39 is 23.8 Å². The van der Waals surface area contributed by atoms with Crippen molar-refractivity contribution in [1.29, 1.82) is 0 Å². The van der Waals surface area contributed by atoms with Gasteiger partial charge in [0.1, 0.15) is 0 Å². The molecule has 0 radical (unpaired) electrons. The molecule has 0 nitrogen and oxygen atoms in total. The highest BCUT2D eigenvalue weighted by Gasteiger charge is 2.25. The summed E-state index contributed by atoms with van der Waals surface area (Å²) in [6.07, 6.45) is 0. The van der Waals surface area contributed by atoms with Gasteiger partial charge in [0.25, 0.3) is 0 Å². The monoisotopic (exact) mass is 908 g/mol. The van der Waals surface area contributed by atoms with E-state index >= 15 is 0 Å². The second-order valence-corrected chi connectivity index (χ2v) is 24.6. The Kier molecular flexibility index (Phi) is 13.5. The minimum Gasteiger partial charge on any atom is -0.0620 e. The lowest BCUT2D eigenvalue weighted by Gasteiger charge is -2.27. The Morgan fingerprint density at radius 1 is 0.242 bits per heavy atom. The van der Waals surface area contributed by atoms with Crippen LogP contribution in [0, 0.1) is 62.3 Å². The second-order valence-electron chi connectivity index (χ2n) is 18.1. The molecule has 66 heavy (non-hydrogen) atoms. The van der Waals surface area contributed by atoms with Crippen LogP contribution in [-0.4, -0.2) is 0 Å². The lowest BCUT2D eigenvalue weighted by atomic mass is 9.97. The first-order chi connectivity index (χ1) is 31.9. The van der Waals surface area contributed by atoms with Crippen molar-refractivity contribution in [3.05, 3.63) is 244 Å². The van der Waals surface area contributed by atoms with E-state index in [1.165, 1.54) is 120 Å². The van der Waals surface area contributed by atoms with Crippen LogP contribution in [0.15, 0.2) is 194 Å². The van der Waals surface area contributed by atoms with Gasteiger partial charge in [-0.3, -0.25) is 0 Å². The predicted octanol–water partition coefficient (Wildman–Crippen LogP) is 13.1. The van der Waals surface area contributed by atoms with Crippen molar-refractivity contribution in [1.82, 2.24) is 0 Å². The fourth-order valence-electron chi connectivity index (χ4n) is 9.40. The molecule has 0 saturated heterocycles. The summed E-state index contributed by atoms with van der Waals surface area (Å²) < 4.78 is 0. The molecular formula is C63H59P3. The Labute approximate surface area is 398 Å². The fraction of sp³-hybridized carbons (Fsp3) is 0.143. The van der Waals surface area contributed by atoms with Crippen LogP contribution in [0.2, 0.25) is 0 Å². The molecule has 1 atom stereocenters. The summed E-state index contributed by atoms with van der Waals surface area (Å²) in [7, 11) is -2.32. The molecule has 3 heteroatoms. The van der Waals surface area contributed by atoms with Crippen LogP contribution in [-0.2, 0) is 0 Å². The zero-order valence-electron chi connectivity index (χ0n) is 39.8. The van der Waals surface area contributed by atoms with E-state index in [1.807, 2.05) is 0 Å². The van der Waals surface area contributed by atoms with Crippen LogP contribution in [0.5, 0.6) is 0 Å². The van der Waals surface area contributed by atoms with Gasteiger partial charge >= 0.3 is 0 Å². The van der Waals surface area contributed by atoms with Gasteiger partial charge < -0.3 is 0 Å². The van der Waals surface area contributed by atoms with Gasteiger partial charge in [-0.2, -0.15) is 0 Å². The largest absolute Gasteiger partial charge is 0.0620 e. The van der Waals surface area contributed by atoms with Crippen molar-refractivity contribution in [2.45, 2.75) is 62.3 Å². The lowest BCUT2D eigenvalue weighted by molar-refractivity contribution is 1.43. The number of hydrogen-bond donors (Lipinski definition) is 0. The molecule has 1 unspecified atom stereocenters. The molecular weight excluding hydrogens is 850 g/mol. The van der Waals surface area contributed by atoms with E-state index in [9.17, 15) is 0 Å². The summed E-state index contributed by atoms with van der Waals surface area (Å²) in [5.41, 5.74) is 17.0. The highest BCUT2D eigenvalue weighted by atomic mass is 31.1. The van der Waals surface area contributed by atoms with E-state index in [4.69, 9.17) is 0 Å². The molecule has 0 N–H and O–H groups in total. The van der Waals surface area contributed by atoms with Gasteiger partial charge in [0.05, 0.1) is 0 Å². The van der Waals surface area contributed by atoms with Crippen LogP contribution in [0.25, 0.3) is 22.3 Å². The minimum atomic E-state index is -0.873. The summed E-state index contributed by atoms with van der Waals surface area (Å²) in [5, 5.41) is 12.5. The van der Waals surface area contributed by atoms with E-state index in [2.05, 4.69) is 256 Å². The van der Waals surface area contributed by atoms with Crippen LogP contribution in [0.1, 0.15) is 50.1 Å². The average Bonchev–Trinajstić information content (AvgIpc) is 3.30. The summed E-state index contributed by atoms with van der Waals surface area (Å²) in [6, 6.07) is 74.4. The molecule has 0 bridgehead atoms. The van der Waals surface area contributed by atoms with Crippen LogP contribution >= 0.6 is 23.8 Å². The van der Waals surface area contributed by atoms with Gasteiger partial charge in [0.15, 0.2) is 0 Å². The molecule has 326 valence electrons. The van der Waals surface area contributed by atoms with Crippen molar-refractivity contribution >= 4 is 71.5 Å². The van der Waals surface area contributed by atoms with E-state index in [1.54, 1.807) is 0 Å². The smallest absolute Gasteiger partial charge is 0.0116 e. The molecule has 0 aliphatic carbocycles. The number of benzene rings is 9. The van der Waals surface area contributed by atoms with Crippen LogP contribution in [0.3, 0.4) is 0 Å². The molecule has 0 fully saturated rings. The Hall–Kier alpha value is -5.73. The Bertz CT molecular complexity index is 3100. The summed E-state index contributed by atoms with van der Waals surface area (Å²) in [6.45, 7) is 20.3. The molecule has 0 aliphatic heterocycles. The lowest BCUT2D eigenvalue weighted by Crippen LogP contribution is -2.26. The van der Waals surface area contributed by atoms with Crippen LogP contribution in [0.4, 0.5) is 0 Å². The first kappa shape index (κ1) is 45.4. The maximum absolute atomic E-state index is 2.48. The Balaban J connectivity index is 1.11. The predicted molar refractivity (Wildman–Crippen MR) is 296 cm³/mol. The minimum absolute atomic E-state index is 0.715. The quantitative estimate of drug-likeness (QED) is 0.113. The molecule has 0 aliphatic rings. The molecule has 9 aromatic rings. The highest BCUT2D eigenvalue weighted by molar-refractivity contribution is 7.80. The standard InChI is InChI=1S/C63H59P3/c1-42-23-29-52(30-24-42)64(53-31-25-43(2)26-32-53)57-33-27-46(5)60(41-57)51-28-36-62(49(8)39-51)66(61-21-11-10-17-47(61)6)63-22-14-20-59(50(63)9)58-35-34-56(40-48(58)7)65(54-18-12-15-44(3)37-54)55-19-13-16-45(4)38-55/h10-41H,1-9H3. The number of aryl methyl sites for hydroxylation is 8. The zero-order chi connectivity index (χ0) is 46.1. The third-order valence-corrected chi connectivity index (χ3v) is 20.7. The van der Waals surface area contributed by atoms with E-state index in [0.717, 1.165) is 0 Å². The maximum atomic E-state index is 2.48. The van der Waals surface area contributed by atoms with Gasteiger partial charge in [-0.15, -0.1) is 0 Å². The summed E-state index contributed by atoms with van der Waals surface area (Å²) >= 11 is 0. The Morgan fingerprint density at radius 3 is 1.35 bits per heavy atom. The maximum Gasteiger partial charge on any atom is -0.0116 e. The molecule has 0 saturated carbocycles. The van der Waals surface area contributed by atoms with Crippen LogP contribution < -0.4 is 47.7 Å². The van der Waals surface area contributed by atoms with Crippen molar-refractivity contribution in [3.8, 4) is 22.3 Å². The topological polar surface area (TPSA) is 0 Å². The van der Waals surface area contributed by atoms with Crippen molar-refractivity contribution in [3.63, 3.8) is 0 Å².